The molecule has 11 aromatic rings. The van der Waals surface area contributed by atoms with Crippen LogP contribution in [0.3, 0.4) is 0 Å². The van der Waals surface area contributed by atoms with Gasteiger partial charge in [-0.1, -0.05) is 164 Å². The molecule has 0 N–H and O–H groups in total. The zero-order chi connectivity index (χ0) is 33.5. The van der Waals surface area contributed by atoms with Crippen molar-refractivity contribution in [1.29, 1.82) is 0 Å². The third-order valence-corrected chi connectivity index (χ3v) is 10.9. The van der Waals surface area contributed by atoms with Crippen LogP contribution >= 0.6 is 0 Å². The van der Waals surface area contributed by atoms with Gasteiger partial charge in [-0.15, -0.1) is 0 Å². The van der Waals surface area contributed by atoms with E-state index in [0.717, 1.165) is 27.3 Å². The number of fused-ring (bicyclic) bond motifs is 9. The summed E-state index contributed by atoms with van der Waals surface area (Å²) in [5.41, 5.74) is 9.33. The van der Waals surface area contributed by atoms with E-state index in [4.69, 9.17) is 4.42 Å². The van der Waals surface area contributed by atoms with Gasteiger partial charge in [0.05, 0.1) is 0 Å². The Balaban J connectivity index is 1.17. The Morgan fingerprint density at radius 2 is 0.765 bits per heavy atom. The molecule has 0 aliphatic heterocycles. The summed E-state index contributed by atoms with van der Waals surface area (Å²) < 4.78 is 6.47. The Morgan fingerprint density at radius 1 is 0.275 bits per heavy atom. The molecule has 0 aliphatic carbocycles. The van der Waals surface area contributed by atoms with Crippen molar-refractivity contribution in [2.45, 2.75) is 0 Å². The van der Waals surface area contributed by atoms with Gasteiger partial charge < -0.3 is 4.42 Å². The minimum absolute atomic E-state index is 0.912. The zero-order valence-electron chi connectivity index (χ0n) is 27.7. The second kappa shape index (κ2) is 10.9. The van der Waals surface area contributed by atoms with E-state index in [-0.39, 0.29) is 0 Å². The molecule has 0 saturated carbocycles. The molecule has 11 rings (SSSR count). The molecule has 0 atom stereocenters. The summed E-state index contributed by atoms with van der Waals surface area (Å²) in [6, 6.07) is 66.4. The molecule has 0 aliphatic rings. The van der Waals surface area contributed by atoms with E-state index in [9.17, 15) is 0 Å². The monoisotopic (exact) mass is 646 g/mol. The van der Waals surface area contributed by atoms with Gasteiger partial charge in [0.1, 0.15) is 11.2 Å². The topological polar surface area (TPSA) is 13.1 Å². The predicted molar refractivity (Wildman–Crippen MR) is 218 cm³/mol. The van der Waals surface area contributed by atoms with Crippen LogP contribution in [0.1, 0.15) is 0 Å². The fourth-order valence-electron chi connectivity index (χ4n) is 8.59. The molecule has 0 radical (unpaired) electrons. The molecular weight excluding hydrogens is 617 g/mol. The van der Waals surface area contributed by atoms with E-state index >= 15 is 0 Å². The van der Waals surface area contributed by atoms with E-state index in [0.29, 0.717) is 0 Å². The summed E-state index contributed by atoms with van der Waals surface area (Å²) in [5.74, 6) is 0. The van der Waals surface area contributed by atoms with Gasteiger partial charge in [-0.25, -0.2) is 0 Å². The molecule has 51 heavy (non-hydrogen) atoms. The van der Waals surface area contributed by atoms with Crippen LogP contribution < -0.4 is 0 Å². The van der Waals surface area contributed by atoms with Crippen LogP contribution in [-0.2, 0) is 0 Å². The van der Waals surface area contributed by atoms with E-state index in [1.165, 1.54) is 81.9 Å². The van der Waals surface area contributed by atoms with Crippen LogP contribution in [0.2, 0.25) is 0 Å². The van der Waals surface area contributed by atoms with Gasteiger partial charge in [-0.2, -0.15) is 0 Å². The largest absolute Gasteiger partial charge is 0.455 e. The Hall–Kier alpha value is -6.70. The van der Waals surface area contributed by atoms with E-state index in [1.807, 2.05) is 0 Å². The lowest BCUT2D eigenvalue weighted by Crippen LogP contribution is -1.93. The van der Waals surface area contributed by atoms with Crippen molar-refractivity contribution in [3.8, 4) is 33.4 Å². The molecule has 0 bridgehead atoms. The van der Waals surface area contributed by atoms with Crippen LogP contribution in [0.15, 0.2) is 186 Å². The fourth-order valence-corrected chi connectivity index (χ4v) is 8.59. The summed E-state index contributed by atoms with van der Waals surface area (Å²) >= 11 is 0. The Labute approximate surface area is 294 Å². The van der Waals surface area contributed by atoms with Gasteiger partial charge in [0.15, 0.2) is 0 Å². The first-order valence-electron chi connectivity index (χ1n) is 17.6. The maximum Gasteiger partial charge on any atom is 0.143 e. The average Bonchev–Trinajstić information content (AvgIpc) is 3.58. The number of benzene rings is 10. The predicted octanol–water partition coefficient (Wildman–Crippen LogP) is 14.4. The van der Waals surface area contributed by atoms with Gasteiger partial charge in [-0.3, -0.25) is 0 Å². The standard InChI is InChI=1S/C50H30O/c1-3-15-34-31(12-1)14-11-23-39(34)48-40-19-7-9-21-42(40)49(43-22-10-8-20-41(43)48)44-28-27-35(37-17-5-6-18-38(37)44)33-25-29-47-46(30-33)45-26-24-32-13-2-4-16-36(32)50(45)51-47/h1-30H. The minimum Gasteiger partial charge on any atom is -0.455 e. The number of hydrogen-bond acceptors (Lipinski definition) is 1. The minimum atomic E-state index is 0.912. The molecule has 1 aromatic heterocycles. The number of hydrogen-bond donors (Lipinski definition) is 0. The van der Waals surface area contributed by atoms with E-state index in [1.54, 1.807) is 0 Å². The second-order valence-corrected chi connectivity index (χ2v) is 13.6. The van der Waals surface area contributed by atoms with Crippen LogP contribution in [0.25, 0.3) is 109 Å². The molecule has 1 heteroatoms. The molecule has 10 aromatic carbocycles. The Bertz CT molecular complexity index is 3130. The van der Waals surface area contributed by atoms with Crippen molar-refractivity contribution < 1.29 is 4.42 Å². The maximum atomic E-state index is 6.47. The van der Waals surface area contributed by atoms with Crippen molar-refractivity contribution in [1.82, 2.24) is 0 Å². The average molecular weight is 647 g/mol. The second-order valence-electron chi connectivity index (χ2n) is 13.6. The first kappa shape index (κ1) is 28.2. The van der Waals surface area contributed by atoms with E-state index in [2.05, 4.69) is 182 Å². The molecule has 236 valence electrons. The van der Waals surface area contributed by atoms with Gasteiger partial charge >= 0.3 is 0 Å². The third kappa shape index (κ3) is 4.16. The van der Waals surface area contributed by atoms with Crippen LogP contribution in [0, 0.1) is 0 Å². The van der Waals surface area contributed by atoms with Crippen LogP contribution in [-0.4, -0.2) is 0 Å². The van der Waals surface area contributed by atoms with Crippen molar-refractivity contribution in [3.05, 3.63) is 182 Å². The number of furan rings is 1. The lowest BCUT2D eigenvalue weighted by Gasteiger charge is -2.20. The van der Waals surface area contributed by atoms with E-state index < -0.39 is 0 Å². The van der Waals surface area contributed by atoms with Crippen molar-refractivity contribution >= 4 is 75.8 Å². The van der Waals surface area contributed by atoms with Gasteiger partial charge in [-0.05, 0) is 100 Å². The van der Waals surface area contributed by atoms with Gasteiger partial charge in [0, 0.05) is 16.2 Å². The normalized spacial score (nSPS) is 11.9. The summed E-state index contributed by atoms with van der Waals surface area (Å²) in [7, 11) is 0. The summed E-state index contributed by atoms with van der Waals surface area (Å²) in [4.78, 5) is 0. The first-order valence-corrected chi connectivity index (χ1v) is 17.6. The molecule has 1 heterocycles. The smallest absolute Gasteiger partial charge is 0.143 e. The third-order valence-electron chi connectivity index (χ3n) is 10.9. The van der Waals surface area contributed by atoms with Gasteiger partial charge in [0.25, 0.3) is 0 Å². The molecule has 1 nitrogen and oxygen atoms in total. The van der Waals surface area contributed by atoms with Crippen molar-refractivity contribution in [3.63, 3.8) is 0 Å². The lowest BCUT2D eigenvalue weighted by atomic mass is 9.83. The zero-order valence-corrected chi connectivity index (χ0v) is 27.7. The first-order chi connectivity index (χ1) is 25.3. The Morgan fingerprint density at radius 3 is 1.43 bits per heavy atom. The maximum absolute atomic E-state index is 6.47. The highest BCUT2D eigenvalue weighted by Crippen LogP contribution is 2.48. The highest BCUT2D eigenvalue weighted by atomic mass is 16.3. The SMILES string of the molecule is c1ccc2c(-c3c4ccccc4c(-c4ccc(-c5ccc6oc7c8ccccc8ccc7c6c5)c5ccccc45)c4ccccc34)cccc2c1. The fraction of sp³-hybridized carbons (Fsp3) is 0. The highest BCUT2D eigenvalue weighted by Gasteiger charge is 2.20. The highest BCUT2D eigenvalue weighted by molar-refractivity contribution is 6.26. The summed E-state index contributed by atoms with van der Waals surface area (Å²) in [6.45, 7) is 0. The summed E-state index contributed by atoms with van der Waals surface area (Å²) in [5, 5.41) is 14.7. The van der Waals surface area contributed by atoms with Crippen LogP contribution in [0.4, 0.5) is 0 Å². The van der Waals surface area contributed by atoms with Crippen molar-refractivity contribution in [2.24, 2.45) is 0 Å². The molecule has 0 unspecified atom stereocenters. The quantitative estimate of drug-likeness (QED) is 0.174. The molecule has 0 amide bonds. The van der Waals surface area contributed by atoms with Crippen molar-refractivity contribution in [2.75, 3.05) is 0 Å². The number of rotatable bonds is 3. The summed E-state index contributed by atoms with van der Waals surface area (Å²) in [6.07, 6.45) is 0. The molecular formula is C50H30O. The molecule has 0 spiro atoms. The lowest BCUT2D eigenvalue weighted by molar-refractivity contribution is 0.672. The Kier molecular flexibility index (Phi) is 6.02. The van der Waals surface area contributed by atoms with Gasteiger partial charge in [0.2, 0.25) is 0 Å². The van der Waals surface area contributed by atoms with Crippen LogP contribution in [0.5, 0.6) is 0 Å². The molecule has 0 fully saturated rings. The molecule has 0 saturated heterocycles.